The first-order valence-corrected chi connectivity index (χ1v) is 12.1. The molecule has 1 aliphatic heterocycles. The van der Waals surface area contributed by atoms with E-state index in [2.05, 4.69) is 25.6 Å². The second-order valence-electron chi connectivity index (χ2n) is 7.91. The summed E-state index contributed by atoms with van der Waals surface area (Å²) in [5.74, 6) is 1.56. The van der Waals surface area contributed by atoms with E-state index in [-0.39, 0.29) is 4.90 Å². The van der Waals surface area contributed by atoms with E-state index in [0.717, 1.165) is 29.7 Å². The highest BCUT2D eigenvalue weighted by Gasteiger charge is 2.27. The number of morpholine rings is 1. The Hall–Kier alpha value is -2.89. The molecule has 2 fully saturated rings. The Morgan fingerprint density at radius 3 is 2.72 bits per heavy atom. The third-order valence-electron chi connectivity index (χ3n) is 5.89. The molecule has 2 aromatic heterocycles. The molecule has 0 unspecified atom stereocenters. The molecular formula is C21H26N6O4S. The van der Waals surface area contributed by atoms with Crippen LogP contribution in [0.1, 0.15) is 19.3 Å². The van der Waals surface area contributed by atoms with E-state index >= 15 is 0 Å². The predicted octanol–water partition coefficient (Wildman–Crippen LogP) is 2.70. The number of hydrogen-bond acceptors (Lipinski definition) is 8. The van der Waals surface area contributed by atoms with Crippen LogP contribution in [0.2, 0.25) is 0 Å². The van der Waals surface area contributed by atoms with E-state index < -0.39 is 10.0 Å². The van der Waals surface area contributed by atoms with Gasteiger partial charge >= 0.3 is 0 Å². The second kappa shape index (κ2) is 8.57. The van der Waals surface area contributed by atoms with Crippen LogP contribution < -0.4 is 15.4 Å². The number of aromatic nitrogens is 3. The van der Waals surface area contributed by atoms with Crippen LogP contribution in [0.3, 0.4) is 0 Å². The average Bonchev–Trinajstić information content (AvgIpc) is 3.26. The van der Waals surface area contributed by atoms with Crippen molar-refractivity contribution in [1.82, 2.24) is 19.3 Å². The summed E-state index contributed by atoms with van der Waals surface area (Å²) >= 11 is 0. The van der Waals surface area contributed by atoms with E-state index in [0.29, 0.717) is 49.7 Å². The minimum absolute atomic E-state index is 0.176. The largest absolute Gasteiger partial charge is 0.495 e. The fourth-order valence-corrected chi connectivity index (χ4v) is 5.27. The maximum Gasteiger partial charge on any atom is 0.243 e. The first kappa shape index (κ1) is 21.0. The van der Waals surface area contributed by atoms with Crippen molar-refractivity contribution in [2.45, 2.75) is 30.2 Å². The zero-order valence-corrected chi connectivity index (χ0v) is 18.6. The topological polar surface area (TPSA) is 121 Å². The molecule has 1 aromatic carbocycles. The highest BCUT2D eigenvalue weighted by atomic mass is 32.2. The molecule has 0 atom stereocenters. The van der Waals surface area contributed by atoms with Gasteiger partial charge in [0.1, 0.15) is 17.2 Å². The molecule has 0 radical (unpaired) electrons. The molecule has 1 aliphatic carbocycles. The molecule has 1 saturated heterocycles. The Bertz CT molecular complexity index is 1220. The zero-order chi connectivity index (χ0) is 22.1. The van der Waals surface area contributed by atoms with Crippen molar-refractivity contribution in [2.75, 3.05) is 44.0 Å². The molecule has 5 rings (SSSR count). The average molecular weight is 459 g/mol. The van der Waals surface area contributed by atoms with Gasteiger partial charge in [-0.3, -0.25) is 0 Å². The Morgan fingerprint density at radius 2 is 2.00 bits per heavy atom. The second-order valence-corrected chi connectivity index (χ2v) is 9.85. The lowest BCUT2D eigenvalue weighted by Gasteiger charge is -2.27. The number of nitrogens with zero attached hydrogens (tertiary/aromatic N) is 3. The highest BCUT2D eigenvalue weighted by Crippen LogP contribution is 2.32. The normalized spacial score (nSPS) is 17.8. The molecular weight excluding hydrogens is 432 g/mol. The number of nitrogens with one attached hydrogen (secondary N) is 3. The van der Waals surface area contributed by atoms with Crippen LogP contribution in [0.15, 0.2) is 35.4 Å². The number of ether oxygens (including phenoxy) is 2. The Labute approximate surface area is 186 Å². The maximum absolute atomic E-state index is 13.0. The lowest BCUT2D eigenvalue weighted by atomic mass is 9.93. The van der Waals surface area contributed by atoms with Gasteiger partial charge in [0, 0.05) is 31.4 Å². The summed E-state index contributed by atoms with van der Waals surface area (Å²) in [6, 6.07) is 7.14. The van der Waals surface area contributed by atoms with Gasteiger partial charge in [-0.05, 0) is 37.5 Å². The van der Waals surface area contributed by atoms with Crippen molar-refractivity contribution < 1.29 is 17.9 Å². The quantitative estimate of drug-likeness (QED) is 0.494. The molecule has 0 spiro atoms. The Morgan fingerprint density at radius 1 is 1.19 bits per heavy atom. The summed E-state index contributed by atoms with van der Waals surface area (Å²) in [4.78, 5) is 12.5. The smallest absolute Gasteiger partial charge is 0.243 e. The molecule has 3 aromatic rings. The SMILES string of the molecule is COc1cc(S(=O)(=O)N2CCOCC2)ccc1Nc1nc(NC2CCC2)c2cc[nH]c2n1. The van der Waals surface area contributed by atoms with Gasteiger partial charge in [-0.25, -0.2) is 8.42 Å². The number of H-pyrrole nitrogens is 1. The van der Waals surface area contributed by atoms with Crippen LogP contribution in [0.25, 0.3) is 11.0 Å². The van der Waals surface area contributed by atoms with Crippen molar-refractivity contribution >= 4 is 38.5 Å². The van der Waals surface area contributed by atoms with Gasteiger partial charge in [-0.2, -0.15) is 14.3 Å². The van der Waals surface area contributed by atoms with Gasteiger partial charge in [0.05, 0.1) is 36.3 Å². The van der Waals surface area contributed by atoms with Crippen LogP contribution in [0.4, 0.5) is 17.5 Å². The minimum atomic E-state index is -3.62. The van der Waals surface area contributed by atoms with Crippen LogP contribution in [-0.4, -0.2) is 67.1 Å². The van der Waals surface area contributed by atoms with Crippen molar-refractivity contribution in [3.8, 4) is 5.75 Å². The van der Waals surface area contributed by atoms with Gasteiger partial charge in [-0.15, -0.1) is 0 Å². The van der Waals surface area contributed by atoms with E-state index in [9.17, 15) is 8.42 Å². The molecule has 170 valence electrons. The van der Waals surface area contributed by atoms with Gasteiger partial charge in [0.25, 0.3) is 0 Å². The Balaban J connectivity index is 1.43. The molecule has 0 bridgehead atoms. The first-order chi connectivity index (χ1) is 15.5. The van der Waals surface area contributed by atoms with Crippen LogP contribution in [-0.2, 0) is 14.8 Å². The molecule has 3 heterocycles. The van der Waals surface area contributed by atoms with E-state index in [1.54, 1.807) is 12.1 Å². The Kier molecular flexibility index (Phi) is 5.62. The molecule has 10 nitrogen and oxygen atoms in total. The minimum Gasteiger partial charge on any atom is -0.495 e. The lowest BCUT2D eigenvalue weighted by molar-refractivity contribution is 0.0730. The van der Waals surface area contributed by atoms with Crippen molar-refractivity contribution in [3.63, 3.8) is 0 Å². The number of hydrogen-bond donors (Lipinski definition) is 3. The number of benzene rings is 1. The van der Waals surface area contributed by atoms with E-state index in [1.807, 2.05) is 12.3 Å². The third-order valence-corrected chi connectivity index (χ3v) is 7.78. The molecule has 11 heteroatoms. The third kappa shape index (κ3) is 3.98. The fraction of sp³-hybridized carbons (Fsp3) is 0.429. The predicted molar refractivity (Wildman–Crippen MR) is 121 cm³/mol. The molecule has 32 heavy (non-hydrogen) atoms. The fourth-order valence-electron chi connectivity index (χ4n) is 3.84. The summed E-state index contributed by atoms with van der Waals surface area (Å²) in [6.07, 6.45) is 5.32. The molecule has 0 amide bonds. The number of sulfonamides is 1. The highest BCUT2D eigenvalue weighted by molar-refractivity contribution is 7.89. The standard InChI is InChI=1S/C21H26N6O4S/c1-30-18-13-15(32(28,29)27-9-11-31-12-10-27)5-6-17(18)24-21-25-19-16(7-8-22-19)20(26-21)23-14-3-2-4-14/h5-8,13-14H,2-4,9-12H2,1H3,(H3,22,23,24,25,26). The van der Waals surface area contributed by atoms with Gasteiger partial charge < -0.3 is 25.1 Å². The maximum atomic E-state index is 13.0. The summed E-state index contributed by atoms with van der Waals surface area (Å²) < 4.78 is 38.1. The van der Waals surface area contributed by atoms with Crippen LogP contribution in [0.5, 0.6) is 5.75 Å². The molecule has 2 aliphatic rings. The van der Waals surface area contributed by atoms with Gasteiger partial charge in [0.2, 0.25) is 16.0 Å². The van der Waals surface area contributed by atoms with E-state index in [4.69, 9.17) is 9.47 Å². The monoisotopic (exact) mass is 458 g/mol. The summed E-state index contributed by atoms with van der Waals surface area (Å²) in [7, 11) is -2.12. The molecule has 3 N–H and O–H groups in total. The number of anilines is 3. The number of methoxy groups -OCH3 is 1. The summed E-state index contributed by atoms with van der Waals surface area (Å²) in [6.45, 7) is 1.47. The van der Waals surface area contributed by atoms with Crippen molar-refractivity contribution in [2.24, 2.45) is 0 Å². The summed E-state index contributed by atoms with van der Waals surface area (Å²) in [5.41, 5.74) is 1.30. The van der Waals surface area contributed by atoms with Crippen molar-refractivity contribution in [1.29, 1.82) is 0 Å². The number of fused-ring (bicyclic) bond motifs is 1. The zero-order valence-electron chi connectivity index (χ0n) is 17.8. The number of aromatic amines is 1. The van der Waals surface area contributed by atoms with Gasteiger partial charge in [-0.1, -0.05) is 0 Å². The van der Waals surface area contributed by atoms with Crippen LogP contribution in [0, 0.1) is 0 Å². The van der Waals surface area contributed by atoms with E-state index in [1.165, 1.54) is 23.9 Å². The first-order valence-electron chi connectivity index (χ1n) is 10.7. The molecule has 1 saturated carbocycles. The van der Waals surface area contributed by atoms with Crippen LogP contribution >= 0.6 is 0 Å². The summed E-state index contributed by atoms with van der Waals surface area (Å²) in [5, 5.41) is 7.60. The van der Waals surface area contributed by atoms with Gasteiger partial charge in [0.15, 0.2) is 0 Å². The number of rotatable bonds is 7. The lowest BCUT2D eigenvalue weighted by Crippen LogP contribution is -2.40. The van der Waals surface area contributed by atoms with Crippen molar-refractivity contribution in [3.05, 3.63) is 30.5 Å².